The Morgan fingerprint density at radius 2 is 1.79 bits per heavy atom. The number of ether oxygens (including phenoxy) is 1. The number of fused-ring (bicyclic) bond motifs is 1. The maximum atomic E-state index is 12.2. The van der Waals surface area contributed by atoms with Crippen LogP contribution in [0.5, 0.6) is 0 Å². The zero-order valence-corrected chi connectivity index (χ0v) is 16.2. The number of carboxylic acids is 2. The van der Waals surface area contributed by atoms with E-state index in [1.54, 1.807) is 10.8 Å². The van der Waals surface area contributed by atoms with E-state index in [1.165, 1.54) is 0 Å². The molecule has 0 amide bonds. The highest BCUT2D eigenvalue weighted by atomic mass is 16.5. The second-order valence-corrected chi connectivity index (χ2v) is 7.08. The van der Waals surface area contributed by atoms with Gasteiger partial charge in [-0.15, -0.1) is 0 Å². The highest BCUT2D eigenvalue weighted by Crippen LogP contribution is 2.31. The van der Waals surface area contributed by atoms with Crippen molar-refractivity contribution in [1.82, 2.24) is 14.4 Å². The molecular weight excluding hydrogens is 378 g/mol. The smallest absolute Gasteiger partial charge is 0.325 e. The van der Waals surface area contributed by atoms with Gasteiger partial charge in [-0.3, -0.25) is 19.4 Å². The monoisotopic (exact) mass is 405 g/mol. The number of hydrogen-bond acceptors (Lipinski definition) is 6. The lowest BCUT2D eigenvalue weighted by Gasteiger charge is -2.37. The number of nitrogens with zero attached hydrogens (tertiary/aromatic N) is 3. The van der Waals surface area contributed by atoms with Crippen molar-refractivity contribution in [3.05, 3.63) is 36.0 Å². The Labute approximate surface area is 168 Å². The predicted molar refractivity (Wildman–Crippen MR) is 106 cm³/mol. The van der Waals surface area contributed by atoms with Gasteiger partial charge < -0.3 is 24.6 Å². The van der Waals surface area contributed by atoms with E-state index in [1.807, 2.05) is 29.2 Å². The van der Waals surface area contributed by atoms with Gasteiger partial charge in [-0.2, -0.15) is 0 Å². The maximum Gasteiger partial charge on any atom is 0.325 e. The zero-order valence-electron chi connectivity index (χ0n) is 16.2. The van der Waals surface area contributed by atoms with E-state index in [0.29, 0.717) is 31.9 Å². The van der Waals surface area contributed by atoms with Crippen molar-refractivity contribution in [3.63, 3.8) is 0 Å². The van der Waals surface area contributed by atoms with E-state index in [2.05, 4.69) is 4.90 Å². The molecule has 29 heavy (non-hydrogen) atoms. The summed E-state index contributed by atoms with van der Waals surface area (Å²) in [6.45, 7) is 4.01. The van der Waals surface area contributed by atoms with Crippen molar-refractivity contribution in [2.45, 2.75) is 12.6 Å². The molecule has 9 heteroatoms. The number of aliphatic hydroxyl groups is 1. The largest absolute Gasteiger partial charge is 0.480 e. The third-order valence-corrected chi connectivity index (χ3v) is 5.21. The van der Waals surface area contributed by atoms with Gasteiger partial charge in [-0.25, -0.2) is 0 Å². The molecule has 2 aromatic rings. The Balaban J connectivity index is 1.76. The molecule has 0 aliphatic carbocycles. The number of aliphatic carboxylic acids is 2. The number of rotatable bonds is 10. The number of carboxylic acid groups (broad SMARTS) is 2. The van der Waals surface area contributed by atoms with Gasteiger partial charge >= 0.3 is 11.9 Å². The highest BCUT2D eigenvalue weighted by molar-refractivity contribution is 5.90. The molecule has 9 nitrogen and oxygen atoms in total. The zero-order chi connectivity index (χ0) is 20.8. The summed E-state index contributed by atoms with van der Waals surface area (Å²) >= 11 is 0. The van der Waals surface area contributed by atoms with Crippen LogP contribution in [0.15, 0.2) is 30.5 Å². The first-order valence-corrected chi connectivity index (χ1v) is 9.68. The summed E-state index contributed by atoms with van der Waals surface area (Å²) in [7, 11) is 0. The SMILES string of the molecule is O=C(O)Cn1cc([C@H](C(=O)O)N2CCN(CCOCCO)CC2)c2ccccc21. The van der Waals surface area contributed by atoms with Crippen molar-refractivity contribution in [2.24, 2.45) is 0 Å². The van der Waals surface area contributed by atoms with Crippen LogP contribution in [0.4, 0.5) is 0 Å². The molecule has 0 unspecified atom stereocenters. The quantitative estimate of drug-likeness (QED) is 0.489. The summed E-state index contributed by atoms with van der Waals surface area (Å²) in [5.41, 5.74) is 1.34. The molecule has 3 N–H and O–H groups in total. The Hall–Kier alpha value is -2.46. The van der Waals surface area contributed by atoms with E-state index in [-0.39, 0.29) is 13.2 Å². The predicted octanol–water partition coefficient (Wildman–Crippen LogP) is 0.478. The van der Waals surface area contributed by atoms with Crippen molar-refractivity contribution in [3.8, 4) is 0 Å². The van der Waals surface area contributed by atoms with Gasteiger partial charge in [0.25, 0.3) is 0 Å². The molecule has 1 aliphatic heterocycles. The molecule has 158 valence electrons. The fraction of sp³-hybridized carbons (Fsp3) is 0.500. The van der Waals surface area contributed by atoms with Crippen LogP contribution >= 0.6 is 0 Å². The Bertz CT molecular complexity index is 844. The standard InChI is InChI=1S/C20H27N3O6/c24-10-12-29-11-9-21-5-7-22(8-6-21)19(20(27)28)16-13-23(14-18(25)26)17-4-2-1-3-15(16)17/h1-4,13,19,24H,5-12,14H2,(H,25,26)(H,27,28)/t19-/m1/s1. The number of aliphatic hydroxyl groups excluding tert-OH is 1. The molecule has 1 atom stereocenters. The summed E-state index contributed by atoms with van der Waals surface area (Å²) in [5, 5.41) is 28.7. The van der Waals surface area contributed by atoms with Gasteiger partial charge in [-0.1, -0.05) is 18.2 Å². The third kappa shape index (κ3) is 5.13. The minimum Gasteiger partial charge on any atom is -0.480 e. The number of hydrogen-bond donors (Lipinski definition) is 3. The molecule has 1 aromatic heterocycles. The van der Waals surface area contributed by atoms with Crippen LogP contribution in [0, 0.1) is 0 Å². The Morgan fingerprint density at radius 3 is 2.45 bits per heavy atom. The second-order valence-electron chi connectivity index (χ2n) is 7.08. The average molecular weight is 405 g/mol. The topological polar surface area (TPSA) is 115 Å². The van der Waals surface area contributed by atoms with E-state index in [4.69, 9.17) is 9.84 Å². The van der Waals surface area contributed by atoms with Crippen LogP contribution < -0.4 is 0 Å². The maximum absolute atomic E-state index is 12.2. The molecule has 0 saturated carbocycles. The lowest BCUT2D eigenvalue weighted by Crippen LogP contribution is -2.49. The summed E-state index contributed by atoms with van der Waals surface area (Å²) in [6, 6.07) is 6.47. The second kappa shape index (κ2) is 9.84. The summed E-state index contributed by atoms with van der Waals surface area (Å²) < 4.78 is 6.89. The van der Waals surface area contributed by atoms with Gasteiger partial charge in [0.15, 0.2) is 0 Å². The van der Waals surface area contributed by atoms with E-state index in [0.717, 1.165) is 30.5 Å². The minimum absolute atomic E-state index is 0.00352. The van der Waals surface area contributed by atoms with Gasteiger partial charge in [0.2, 0.25) is 0 Å². The Kier molecular flexibility index (Phi) is 7.21. The van der Waals surface area contributed by atoms with Crippen molar-refractivity contribution >= 4 is 22.8 Å². The Morgan fingerprint density at radius 1 is 1.07 bits per heavy atom. The van der Waals surface area contributed by atoms with Gasteiger partial charge in [0.05, 0.1) is 19.8 Å². The molecule has 1 fully saturated rings. The van der Waals surface area contributed by atoms with Crippen LogP contribution in [0.3, 0.4) is 0 Å². The molecule has 3 rings (SSSR count). The van der Waals surface area contributed by atoms with Crippen LogP contribution in [0.1, 0.15) is 11.6 Å². The van der Waals surface area contributed by atoms with Crippen LogP contribution in [-0.4, -0.2) is 94.2 Å². The lowest BCUT2D eigenvalue weighted by molar-refractivity contribution is -0.144. The fourth-order valence-electron chi connectivity index (χ4n) is 3.86. The molecule has 1 aromatic carbocycles. The highest BCUT2D eigenvalue weighted by Gasteiger charge is 2.32. The first-order chi connectivity index (χ1) is 14.0. The first-order valence-electron chi connectivity index (χ1n) is 9.68. The molecular formula is C20H27N3O6. The van der Waals surface area contributed by atoms with Crippen molar-refractivity contribution < 1.29 is 29.6 Å². The van der Waals surface area contributed by atoms with E-state index in [9.17, 15) is 19.8 Å². The van der Waals surface area contributed by atoms with Gasteiger partial charge in [0, 0.05) is 55.4 Å². The van der Waals surface area contributed by atoms with Crippen molar-refractivity contribution in [1.29, 1.82) is 0 Å². The first kappa shape index (κ1) is 21.3. The van der Waals surface area contributed by atoms with E-state index < -0.39 is 18.0 Å². The van der Waals surface area contributed by atoms with Crippen LogP contribution in [-0.2, 0) is 20.9 Å². The number of carbonyl (C=O) groups is 2. The summed E-state index contributed by atoms with van der Waals surface area (Å²) in [4.78, 5) is 27.5. The lowest BCUT2D eigenvalue weighted by atomic mass is 10.0. The number of piperazine rings is 1. The molecule has 0 spiro atoms. The molecule has 1 saturated heterocycles. The number of aromatic nitrogens is 1. The van der Waals surface area contributed by atoms with Crippen LogP contribution in [0.2, 0.25) is 0 Å². The van der Waals surface area contributed by atoms with Gasteiger partial charge in [-0.05, 0) is 6.07 Å². The molecule has 2 heterocycles. The van der Waals surface area contributed by atoms with Crippen molar-refractivity contribution in [2.75, 3.05) is 52.5 Å². The third-order valence-electron chi connectivity index (χ3n) is 5.21. The summed E-state index contributed by atoms with van der Waals surface area (Å²) in [5.74, 6) is -1.91. The molecule has 1 aliphatic rings. The average Bonchev–Trinajstić information content (AvgIpc) is 3.04. The number of para-hydroxylation sites is 1. The summed E-state index contributed by atoms with van der Waals surface area (Å²) in [6.07, 6.45) is 1.66. The fourth-order valence-corrected chi connectivity index (χ4v) is 3.86. The number of benzene rings is 1. The molecule has 0 radical (unpaired) electrons. The van der Waals surface area contributed by atoms with E-state index >= 15 is 0 Å². The molecule has 0 bridgehead atoms. The minimum atomic E-state index is -0.971. The normalized spacial score (nSPS) is 16.9. The van der Waals surface area contributed by atoms with Gasteiger partial charge in [0.1, 0.15) is 12.6 Å². The van der Waals surface area contributed by atoms with Crippen LogP contribution in [0.25, 0.3) is 10.9 Å².